The summed E-state index contributed by atoms with van der Waals surface area (Å²) in [7, 11) is 0.212. The van der Waals surface area contributed by atoms with E-state index in [0.29, 0.717) is 0 Å². The van der Waals surface area contributed by atoms with Gasteiger partial charge in [-0.25, -0.2) is 0 Å². The van der Waals surface area contributed by atoms with Crippen LogP contribution in [0.5, 0.6) is 0 Å². The minimum Gasteiger partial charge on any atom is -0.416 e. The first-order valence-corrected chi connectivity index (χ1v) is 12.4. The molecular weight excluding hydrogens is 280 g/mol. The van der Waals surface area contributed by atoms with Crippen LogP contribution in [0.25, 0.3) is 0 Å². The zero-order valence-electron chi connectivity index (χ0n) is 14.0. The molecule has 1 aromatic carbocycles. The maximum atomic E-state index is 6.00. The summed E-state index contributed by atoms with van der Waals surface area (Å²) in [5, 5.41) is 2.86. The molecular formula is C16H30O2Si2. The lowest BCUT2D eigenvalue weighted by molar-refractivity contribution is 0.404. The largest absolute Gasteiger partial charge is 0.416 e. The lowest BCUT2D eigenvalue weighted by Gasteiger charge is -2.32. The first kappa shape index (κ1) is 17.6. The molecule has 2 nitrogen and oxygen atoms in total. The second kappa shape index (κ2) is 7.54. The molecule has 1 aromatic rings. The van der Waals surface area contributed by atoms with Crippen LogP contribution in [-0.2, 0) is 8.85 Å². The summed E-state index contributed by atoms with van der Waals surface area (Å²) in [6.45, 7) is 9.03. The zero-order valence-corrected chi connectivity index (χ0v) is 16.0. The van der Waals surface area contributed by atoms with Gasteiger partial charge in [0.2, 0.25) is 16.6 Å². The SMILES string of the molecule is CC[Si](CC)(OC)c1cccc([Si](CC)(CC)OC)c1. The van der Waals surface area contributed by atoms with Crippen molar-refractivity contribution in [2.24, 2.45) is 0 Å². The van der Waals surface area contributed by atoms with Crippen LogP contribution in [-0.4, -0.2) is 30.9 Å². The molecule has 4 heteroatoms. The second-order valence-electron chi connectivity index (χ2n) is 5.39. The van der Waals surface area contributed by atoms with Crippen molar-refractivity contribution in [3.05, 3.63) is 24.3 Å². The van der Waals surface area contributed by atoms with E-state index in [9.17, 15) is 0 Å². The van der Waals surface area contributed by atoms with Gasteiger partial charge in [-0.05, 0) is 34.5 Å². The molecule has 0 N–H and O–H groups in total. The lowest BCUT2D eigenvalue weighted by Crippen LogP contribution is -2.54. The number of benzene rings is 1. The Balaban J connectivity index is 3.32. The Bertz CT molecular complexity index is 361. The predicted molar refractivity (Wildman–Crippen MR) is 93.2 cm³/mol. The summed E-state index contributed by atoms with van der Waals surface area (Å²) in [4.78, 5) is 0. The predicted octanol–water partition coefficient (Wildman–Crippen LogP) is 3.36. The Morgan fingerprint density at radius 3 is 1.35 bits per heavy atom. The molecule has 0 amide bonds. The Labute approximate surface area is 126 Å². The number of hydrogen-bond acceptors (Lipinski definition) is 2. The fourth-order valence-electron chi connectivity index (χ4n) is 3.22. The molecule has 20 heavy (non-hydrogen) atoms. The molecule has 0 radical (unpaired) electrons. The topological polar surface area (TPSA) is 18.5 Å². The molecule has 0 aliphatic carbocycles. The quantitative estimate of drug-likeness (QED) is 0.686. The molecule has 1 rings (SSSR count). The first-order chi connectivity index (χ1) is 9.57. The van der Waals surface area contributed by atoms with Crippen molar-refractivity contribution in [1.29, 1.82) is 0 Å². The Morgan fingerprint density at radius 1 is 0.750 bits per heavy atom. The zero-order chi connectivity index (χ0) is 15.2. The number of rotatable bonds is 8. The van der Waals surface area contributed by atoms with Crippen LogP contribution in [0.2, 0.25) is 24.2 Å². The third kappa shape index (κ3) is 3.08. The maximum absolute atomic E-state index is 6.00. The molecule has 0 aliphatic heterocycles. The standard InChI is InChI=1S/C16H30O2Si2/c1-7-19(8-2,17-5)15-12-11-13-16(14-15)20(9-3,10-4)18-6/h11-14H,7-10H2,1-6H3. The van der Waals surface area contributed by atoms with Crippen LogP contribution in [0.15, 0.2) is 24.3 Å². The van der Waals surface area contributed by atoms with Gasteiger partial charge in [0.1, 0.15) is 0 Å². The van der Waals surface area contributed by atoms with Crippen LogP contribution in [0.4, 0.5) is 0 Å². The van der Waals surface area contributed by atoms with Crippen molar-refractivity contribution in [3.8, 4) is 0 Å². The Kier molecular flexibility index (Phi) is 6.65. The average Bonchev–Trinajstić information content (AvgIpc) is 2.52. The van der Waals surface area contributed by atoms with Gasteiger partial charge in [-0.1, -0.05) is 52.0 Å². The molecule has 0 atom stereocenters. The fourth-order valence-corrected chi connectivity index (χ4v) is 9.26. The van der Waals surface area contributed by atoms with Gasteiger partial charge in [-0.2, -0.15) is 0 Å². The molecule has 0 heterocycles. The van der Waals surface area contributed by atoms with E-state index in [0.717, 1.165) is 24.2 Å². The highest BCUT2D eigenvalue weighted by molar-refractivity contribution is 6.89. The van der Waals surface area contributed by atoms with Gasteiger partial charge in [0, 0.05) is 14.2 Å². The third-order valence-corrected chi connectivity index (χ3v) is 13.8. The summed E-state index contributed by atoms with van der Waals surface area (Å²) < 4.78 is 12.0. The van der Waals surface area contributed by atoms with Crippen molar-refractivity contribution < 1.29 is 8.85 Å². The summed E-state index contributed by atoms with van der Waals surface area (Å²) in [5.41, 5.74) is 0. The fraction of sp³-hybridized carbons (Fsp3) is 0.625. The Hall–Kier alpha value is -0.426. The highest BCUT2D eigenvalue weighted by Crippen LogP contribution is 2.19. The van der Waals surface area contributed by atoms with Crippen LogP contribution in [0.3, 0.4) is 0 Å². The second-order valence-corrected chi connectivity index (χ2v) is 14.2. The molecule has 0 spiro atoms. The van der Waals surface area contributed by atoms with Crippen LogP contribution in [0, 0.1) is 0 Å². The van der Waals surface area contributed by atoms with Gasteiger partial charge in [0.05, 0.1) is 0 Å². The van der Waals surface area contributed by atoms with Crippen LogP contribution >= 0.6 is 0 Å². The maximum Gasteiger partial charge on any atom is 0.223 e. The molecule has 0 fully saturated rings. The van der Waals surface area contributed by atoms with Crippen molar-refractivity contribution in [2.45, 2.75) is 51.9 Å². The Morgan fingerprint density at radius 2 is 1.10 bits per heavy atom. The molecule has 0 aliphatic rings. The highest BCUT2D eigenvalue weighted by atomic mass is 28.4. The highest BCUT2D eigenvalue weighted by Gasteiger charge is 2.36. The van der Waals surface area contributed by atoms with E-state index in [1.807, 2.05) is 14.2 Å². The van der Waals surface area contributed by atoms with Gasteiger partial charge in [-0.3, -0.25) is 0 Å². The smallest absolute Gasteiger partial charge is 0.223 e. The van der Waals surface area contributed by atoms with E-state index in [2.05, 4.69) is 52.0 Å². The average molecular weight is 311 g/mol. The van der Waals surface area contributed by atoms with E-state index >= 15 is 0 Å². The van der Waals surface area contributed by atoms with Crippen molar-refractivity contribution in [3.63, 3.8) is 0 Å². The van der Waals surface area contributed by atoms with Gasteiger partial charge in [0.25, 0.3) is 0 Å². The lowest BCUT2D eigenvalue weighted by atomic mass is 10.4. The van der Waals surface area contributed by atoms with Crippen molar-refractivity contribution >= 4 is 27.0 Å². The summed E-state index contributed by atoms with van der Waals surface area (Å²) in [6.07, 6.45) is 0. The molecule has 0 saturated heterocycles. The summed E-state index contributed by atoms with van der Waals surface area (Å²) >= 11 is 0. The van der Waals surface area contributed by atoms with Gasteiger partial charge in [-0.15, -0.1) is 0 Å². The molecule has 0 unspecified atom stereocenters. The number of hydrogen-bond donors (Lipinski definition) is 0. The first-order valence-electron chi connectivity index (χ1n) is 7.79. The van der Waals surface area contributed by atoms with Crippen molar-refractivity contribution in [1.82, 2.24) is 0 Å². The van der Waals surface area contributed by atoms with E-state index in [1.165, 1.54) is 10.4 Å². The van der Waals surface area contributed by atoms with E-state index in [1.54, 1.807) is 0 Å². The summed E-state index contributed by atoms with van der Waals surface area (Å²) in [6, 6.07) is 13.6. The van der Waals surface area contributed by atoms with E-state index < -0.39 is 16.6 Å². The minimum absolute atomic E-state index is 1.13. The molecule has 0 saturated carbocycles. The molecule has 114 valence electrons. The van der Waals surface area contributed by atoms with Crippen LogP contribution in [0.1, 0.15) is 27.7 Å². The van der Waals surface area contributed by atoms with Gasteiger partial charge >= 0.3 is 0 Å². The van der Waals surface area contributed by atoms with E-state index in [4.69, 9.17) is 8.85 Å². The van der Waals surface area contributed by atoms with Gasteiger partial charge < -0.3 is 8.85 Å². The normalized spacial score (nSPS) is 12.7. The molecule has 0 bridgehead atoms. The van der Waals surface area contributed by atoms with E-state index in [-0.39, 0.29) is 0 Å². The molecule has 0 aromatic heterocycles. The minimum atomic E-state index is -1.78. The van der Waals surface area contributed by atoms with Gasteiger partial charge in [0.15, 0.2) is 0 Å². The van der Waals surface area contributed by atoms with Crippen LogP contribution < -0.4 is 10.4 Å². The summed E-state index contributed by atoms with van der Waals surface area (Å²) in [5.74, 6) is 0. The third-order valence-electron chi connectivity index (χ3n) is 4.98. The van der Waals surface area contributed by atoms with Crippen molar-refractivity contribution in [2.75, 3.05) is 14.2 Å². The monoisotopic (exact) mass is 310 g/mol.